The Morgan fingerprint density at radius 1 is 1.41 bits per heavy atom. The lowest BCUT2D eigenvalue weighted by atomic mass is 10.0. The van der Waals surface area contributed by atoms with E-state index in [-0.39, 0.29) is 18.1 Å². The maximum absolute atomic E-state index is 11.6. The smallest absolute Gasteiger partial charge is 0.151 e. The molecule has 1 aromatic carbocycles. The third-order valence-corrected chi connectivity index (χ3v) is 3.23. The van der Waals surface area contributed by atoms with E-state index >= 15 is 0 Å². The van der Waals surface area contributed by atoms with Crippen LogP contribution in [-0.4, -0.2) is 23.8 Å². The van der Waals surface area contributed by atoms with Gasteiger partial charge in [0.2, 0.25) is 0 Å². The van der Waals surface area contributed by atoms with Crippen LogP contribution in [0.1, 0.15) is 18.4 Å². The molecule has 88 valence electrons. The summed E-state index contributed by atoms with van der Waals surface area (Å²) in [7, 11) is 0. The second-order valence-corrected chi connectivity index (χ2v) is 4.51. The Hall–Kier alpha value is -1.66. The largest absolute Gasteiger partial charge is 0.298 e. The Kier molecular flexibility index (Phi) is 3.89. The molecule has 1 heterocycles. The first-order valence-electron chi connectivity index (χ1n) is 5.95. The van der Waals surface area contributed by atoms with Crippen LogP contribution in [0.4, 0.5) is 0 Å². The molecule has 0 radical (unpaired) electrons. The first kappa shape index (κ1) is 11.8. The van der Waals surface area contributed by atoms with E-state index in [1.807, 2.05) is 24.3 Å². The summed E-state index contributed by atoms with van der Waals surface area (Å²) < 4.78 is 0. The van der Waals surface area contributed by atoms with Gasteiger partial charge < -0.3 is 0 Å². The fraction of sp³-hybridized carbons (Fsp3) is 0.429. The van der Waals surface area contributed by atoms with Gasteiger partial charge in [0, 0.05) is 19.0 Å². The van der Waals surface area contributed by atoms with Crippen LogP contribution in [0.15, 0.2) is 30.3 Å². The number of benzene rings is 1. The predicted octanol–water partition coefficient (Wildman–Crippen LogP) is 1.99. The maximum Gasteiger partial charge on any atom is 0.151 e. The Morgan fingerprint density at radius 2 is 2.18 bits per heavy atom. The fourth-order valence-electron chi connectivity index (χ4n) is 2.30. The van der Waals surface area contributed by atoms with Gasteiger partial charge in [0.1, 0.15) is 0 Å². The molecule has 1 atom stereocenters. The van der Waals surface area contributed by atoms with Gasteiger partial charge in [-0.2, -0.15) is 5.26 Å². The Morgan fingerprint density at radius 3 is 2.88 bits per heavy atom. The van der Waals surface area contributed by atoms with Crippen LogP contribution >= 0.6 is 0 Å². The minimum Gasteiger partial charge on any atom is -0.298 e. The molecule has 0 aromatic heterocycles. The van der Waals surface area contributed by atoms with E-state index in [0.29, 0.717) is 0 Å². The van der Waals surface area contributed by atoms with Crippen molar-refractivity contribution in [1.29, 1.82) is 5.26 Å². The topological polar surface area (TPSA) is 44.1 Å². The molecule has 0 N–H and O–H groups in total. The van der Waals surface area contributed by atoms with Crippen molar-refractivity contribution in [3.05, 3.63) is 35.9 Å². The zero-order chi connectivity index (χ0) is 12.1. The van der Waals surface area contributed by atoms with Gasteiger partial charge in [-0.15, -0.1) is 0 Å². The van der Waals surface area contributed by atoms with Crippen molar-refractivity contribution in [3.63, 3.8) is 0 Å². The maximum atomic E-state index is 11.6. The number of nitriles is 1. The number of ketones is 1. The molecule has 1 aromatic rings. The van der Waals surface area contributed by atoms with Gasteiger partial charge in [-0.25, -0.2) is 0 Å². The summed E-state index contributed by atoms with van der Waals surface area (Å²) in [5.41, 5.74) is 1.28. The minimum atomic E-state index is 0.0594. The van der Waals surface area contributed by atoms with Gasteiger partial charge >= 0.3 is 0 Å². The summed E-state index contributed by atoms with van der Waals surface area (Å²) in [5.74, 6) is 0.168. The van der Waals surface area contributed by atoms with Gasteiger partial charge in [0.05, 0.1) is 12.5 Å². The minimum absolute atomic E-state index is 0.0594. The normalized spacial score (nSPS) is 20.1. The predicted molar refractivity (Wildman–Crippen MR) is 65.1 cm³/mol. The van der Waals surface area contributed by atoms with Crippen molar-refractivity contribution in [1.82, 2.24) is 4.90 Å². The summed E-state index contributed by atoms with van der Waals surface area (Å²) in [6.07, 6.45) is 0.956. The Bertz CT molecular complexity index is 422. The van der Waals surface area contributed by atoms with Crippen molar-refractivity contribution in [2.75, 3.05) is 13.1 Å². The van der Waals surface area contributed by atoms with Crippen LogP contribution in [0.25, 0.3) is 0 Å². The molecule has 1 aliphatic heterocycles. The highest BCUT2D eigenvalue weighted by Crippen LogP contribution is 2.20. The monoisotopic (exact) mass is 228 g/mol. The van der Waals surface area contributed by atoms with E-state index in [0.717, 1.165) is 26.1 Å². The van der Waals surface area contributed by atoms with Crippen molar-refractivity contribution in [2.45, 2.75) is 19.4 Å². The third kappa shape index (κ3) is 3.15. The number of Topliss-reactive ketones (excluding diaryl/α,β-unsaturated/α-hetero) is 1. The molecular formula is C14H16N2O. The van der Waals surface area contributed by atoms with Crippen LogP contribution in [0.3, 0.4) is 0 Å². The molecule has 1 aliphatic rings. The van der Waals surface area contributed by atoms with E-state index in [9.17, 15) is 4.79 Å². The van der Waals surface area contributed by atoms with Crippen LogP contribution in [0.5, 0.6) is 0 Å². The molecule has 17 heavy (non-hydrogen) atoms. The summed E-state index contributed by atoms with van der Waals surface area (Å²) in [6.45, 7) is 2.66. The van der Waals surface area contributed by atoms with Gasteiger partial charge in [0.25, 0.3) is 0 Å². The molecule has 0 aliphatic carbocycles. The quantitative estimate of drug-likeness (QED) is 0.791. The number of rotatable bonds is 4. The number of hydrogen-bond acceptors (Lipinski definition) is 3. The zero-order valence-corrected chi connectivity index (χ0v) is 9.80. The molecule has 3 nitrogen and oxygen atoms in total. The molecule has 1 saturated heterocycles. The first-order valence-corrected chi connectivity index (χ1v) is 5.95. The van der Waals surface area contributed by atoms with E-state index in [1.165, 1.54) is 5.56 Å². The molecule has 1 unspecified atom stereocenters. The number of likely N-dealkylation sites (tertiary alicyclic amines) is 1. The first-order chi connectivity index (χ1) is 8.29. The van der Waals surface area contributed by atoms with Gasteiger partial charge in [-0.05, 0) is 18.5 Å². The van der Waals surface area contributed by atoms with E-state index in [4.69, 9.17) is 5.26 Å². The second kappa shape index (κ2) is 5.60. The Labute approximate surface area is 102 Å². The average Bonchev–Trinajstić information content (AvgIpc) is 2.79. The third-order valence-electron chi connectivity index (χ3n) is 3.23. The van der Waals surface area contributed by atoms with Crippen LogP contribution in [-0.2, 0) is 11.3 Å². The highest BCUT2D eigenvalue weighted by Gasteiger charge is 2.27. The highest BCUT2D eigenvalue weighted by atomic mass is 16.1. The number of carbonyl (C=O) groups excluding carboxylic acids is 1. The van der Waals surface area contributed by atoms with Crippen LogP contribution in [0.2, 0.25) is 0 Å². The standard InChI is InChI=1S/C14H16N2O/c15-8-6-14(17)13-7-9-16(11-13)10-12-4-2-1-3-5-12/h1-5,13H,6-7,9-11H2. The number of nitrogens with zero attached hydrogens (tertiary/aromatic N) is 2. The summed E-state index contributed by atoms with van der Waals surface area (Å²) in [6, 6.07) is 12.2. The molecule has 0 amide bonds. The van der Waals surface area contributed by atoms with Crippen LogP contribution < -0.4 is 0 Å². The second-order valence-electron chi connectivity index (χ2n) is 4.51. The molecular weight excluding hydrogens is 212 g/mol. The van der Waals surface area contributed by atoms with E-state index in [2.05, 4.69) is 17.0 Å². The van der Waals surface area contributed by atoms with E-state index in [1.54, 1.807) is 0 Å². The molecule has 2 rings (SSSR count). The van der Waals surface area contributed by atoms with Gasteiger partial charge in [-0.3, -0.25) is 9.69 Å². The van der Waals surface area contributed by atoms with E-state index < -0.39 is 0 Å². The summed E-state index contributed by atoms with van der Waals surface area (Å²) >= 11 is 0. The summed E-state index contributed by atoms with van der Waals surface area (Å²) in [5, 5.41) is 8.51. The number of hydrogen-bond donors (Lipinski definition) is 0. The van der Waals surface area contributed by atoms with Gasteiger partial charge in [-0.1, -0.05) is 30.3 Å². The summed E-state index contributed by atoms with van der Waals surface area (Å²) in [4.78, 5) is 13.9. The van der Waals surface area contributed by atoms with Crippen molar-refractivity contribution < 1.29 is 4.79 Å². The average molecular weight is 228 g/mol. The van der Waals surface area contributed by atoms with Crippen molar-refractivity contribution >= 4 is 5.78 Å². The Balaban J connectivity index is 1.87. The molecule has 1 fully saturated rings. The number of carbonyl (C=O) groups is 1. The van der Waals surface area contributed by atoms with Gasteiger partial charge in [0.15, 0.2) is 5.78 Å². The SMILES string of the molecule is N#CCC(=O)C1CCN(Cc2ccccc2)C1. The molecule has 3 heteroatoms. The lowest BCUT2D eigenvalue weighted by molar-refractivity contribution is -0.121. The molecule has 0 spiro atoms. The van der Waals surface area contributed by atoms with Crippen molar-refractivity contribution in [2.24, 2.45) is 5.92 Å². The van der Waals surface area contributed by atoms with Crippen LogP contribution in [0, 0.1) is 17.2 Å². The fourth-order valence-corrected chi connectivity index (χ4v) is 2.30. The lowest BCUT2D eigenvalue weighted by Gasteiger charge is -2.15. The highest BCUT2D eigenvalue weighted by molar-refractivity contribution is 5.83. The molecule has 0 saturated carbocycles. The lowest BCUT2D eigenvalue weighted by Crippen LogP contribution is -2.22. The van der Waals surface area contributed by atoms with Crippen molar-refractivity contribution in [3.8, 4) is 6.07 Å². The molecule has 0 bridgehead atoms. The zero-order valence-electron chi connectivity index (χ0n) is 9.80.